The fraction of sp³-hybridized carbons (Fsp3) is 0.227. The Hall–Kier alpha value is -3.59. The summed E-state index contributed by atoms with van der Waals surface area (Å²) in [4.78, 5) is 28.5. The molecule has 0 bridgehead atoms. The van der Waals surface area contributed by atoms with Crippen molar-refractivity contribution in [1.82, 2.24) is 4.98 Å². The van der Waals surface area contributed by atoms with Gasteiger partial charge in [-0.1, -0.05) is 12.1 Å². The van der Waals surface area contributed by atoms with Crippen LogP contribution in [0.1, 0.15) is 40.7 Å². The molecule has 1 aliphatic carbocycles. The van der Waals surface area contributed by atoms with Crippen molar-refractivity contribution in [3.8, 4) is 11.8 Å². The minimum Gasteiger partial charge on any atom is -0.508 e. The summed E-state index contributed by atoms with van der Waals surface area (Å²) in [5, 5.41) is 23.0. The number of nitriles is 1. The molecule has 3 aromatic rings. The molecule has 0 aliphatic heterocycles. The van der Waals surface area contributed by atoms with Crippen molar-refractivity contribution in [3.05, 3.63) is 69.5 Å². The molecule has 1 aliphatic rings. The molecule has 0 spiro atoms. The second-order valence-electron chi connectivity index (χ2n) is 7.26. The Balaban J connectivity index is 1.77. The predicted octanol–water partition coefficient (Wildman–Crippen LogP) is 3.74. The van der Waals surface area contributed by atoms with Crippen LogP contribution in [-0.4, -0.2) is 16.0 Å². The SMILES string of the molecule is Cc1cc(C2(C#N)CCC2)c(NC(=O)c2c[nH]c3ccccc3c2=O)cc1O. The molecule has 1 saturated carbocycles. The Morgan fingerprint density at radius 3 is 2.71 bits per heavy atom. The first kappa shape index (κ1) is 17.8. The highest BCUT2D eigenvalue weighted by Gasteiger charge is 2.41. The number of nitrogens with zero attached hydrogens (tertiary/aromatic N) is 1. The molecule has 6 heteroatoms. The standard InChI is InChI=1S/C22H19N3O3/c1-13-9-16(22(12-23)7-4-8-22)18(10-19(13)26)25-21(28)15-11-24-17-6-3-2-5-14(17)20(15)27/h2-3,5-6,9-11,26H,4,7-8H2,1H3,(H,24,27)(H,25,28). The number of fused-ring (bicyclic) bond motifs is 1. The number of aromatic nitrogens is 1. The molecule has 1 fully saturated rings. The Morgan fingerprint density at radius 2 is 2.04 bits per heavy atom. The smallest absolute Gasteiger partial charge is 0.261 e. The number of aryl methyl sites for hydroxylation is 1. The van der Waals surface area contributed by atoms with Crippen LogP contribution in [0, 0.1) is 18.3 Å². The van der Waals surface area contributed by atoms with Crippen LogP contribution < -0.4 is 10.7 Å². The van der Waals surface area contributed by atoms with Gasteiger partial charge in [-0.3, -0.25) is 9.59 Å². The molecule has 1 aromatic heterocycles. The molecule has 0 radical (unpaired) electrons. The zero-order chi connectivity index (χ0) is 19.9. The van der Waals surface area contributed by atoms with Gasteiger partial charge in [0.05, 0.1) is 11.5 Å². The maximum atomic E-state index is 12.9. The molecule has 4 rings (SSSR count). The molecule has 3 N–H and O–H groups in total. The zero-order valence-corrected chi connectivity index (χ0v) is 15.4. The van der Waals surface area contributed by atoms with E-state index in [1.54, 1.807) is 37.3 Å². The monoisotopic (exact) mass is 373 g/mol. The van der Waals surface area contributed by atoms with Gasteiger partial charge in [0.2, 0.25) is 5.43 Å². The van der Waals surface area contributed by atoms with Gasteiger partial charge in [-0.15, -0.1) is 0 Å². The van der Waals surface area contributed by atoms with Crippen molar-refractivity contribution >= 4 is 22.5 Å². The molecule has 6 nitrogen and oxygen atoms in total. The third-order valence-corrected chi connectivity index (χ3v) is 5.55. The maximum Gasteiger partial charge on any atom is 0.261 e. The van der Waals surface area contributed by atoms with E-state index in [9.17, 15) is 20.0 Å². The first-order valence-corrected chi connectivity index (χ1v) is 9.12. The summed E-state index contributed by atoms with van der Waals surface area (Å²) < 4.78 is 0. The van der Waals surface area contributed by atoms with Crippen molar-refractivity contribution in [2.45, 2.75) is 31.6 Å². The number of rotatable bonds is 3. The number of hydrogen-bond acceptors (Lipinski definition) is 4. The maximum absolute atomic E-state index is 12.9. The van der Waals surface area contributed by atoms with Gasteiger partial charge < -0.3 is 15.4 Å². The van der Waals surface area contributed by atoms with Crippen LogP contribution in [0.3, 0.4) is 0 Å². The van der Waals surface area contributed by atoms with Crippen molar-refractivity contribution in [3.63, 3.8) is 0 Å². The van der Waals surface area contributed by atoms with E-state index in [0.29, 0.717) is 40.6 Å². The summed E-state index contributed by atoms with van der Waals surface area (Å²) in [6, 6.07) is 12.5. The van der Waals surface area contributed by atoms with E-state index in [1.165, 1.54) is 12.3 Å². The van der Waals surface area contributed by atoms with Gasteiger partial charge in [0.1, 0.15) is 11.3 Å². The number of H-pyrrole nitrogens is 1. The lowest BCUT2D eigenvalue weighted by Gasteiger charge is -2.37. The number of para-hydroxylation sites is 1. The lowest BCUT2D eigenvalue weighted by atomic mass is 9.65. The van der Waals surface area contributed by atoms with Gasteiger partial charge in [-0.05, 0) is 55.5 Å². The van der Waals surface area contributed by atoms with Crippen molar-refractivity contribution in [1.29, 1.82) is 5.26 Å². The molecule has 0 atom stereocenters. The van der Waals surface area contributed by atoms with Gasteiger partial charge in [0, 0.05) is 28.9 Å². The van der Waals surface area contributed by atoms with Crippen LogP contribution in [0.5, 0.6) is 5.75 Å². The zero-order valence-electron chi connectivity index (χ0n) is 15.4. The first-order chi connectivity index (χ1) is 13.4. The molecule has 1 heterocycles. The third kappa shape index (κ3) is 2.72. The average molecular weight is 373 g/mol. The number of carbonyl (C=O) groups is 1. The number of hydrogen-bond donors (Lipinski definition) is 3. The molecule has 0 unspecified atom stereocenters. The number of aromatic amines is 1. The van der Waals surface area contributed by atoms with E-state index >= 15 is 0 Å². The predicted molar refractivity (Wildman–Crippen MR) is 107 cm³/mol. The van der Waals surface area contributed by atoms with Crippen LogP contribution in [0.4, 0.5) is 5.69 Å². The number of anilines is 1. The molecule has 1 amide bonds. The van der Waals surface area contributed by atoms with Crippen LogP contribution in [0.15, 0.2) is 47.4 Å². The highest BCUT2D eigenvalue weighted by Crippen LogP contribution is 2.47. The third-order valence-electron chi connectivity index (χ3n) is 5.55. The van der Waals surface area contributed by atoms with Gasteiger partial charge in [-0.25, -0.2) is 0 Å². The number of amides is 1. The normalized spacial score (nSPS) is 14.9. The Morgan fingerprint density at radius 1 is 1.29 bits per heavy atom. The highest BCUT2D eigenvalue weighted by molar-refractivity contribution is 6.06. The fourth-order valence-electron chi connectivity index (χ4n) is 3.69. The number of phenols is 1. The van der Waals surface area contributed by atoms with E-state index in [4.69, 9.17) is 0 Å². The van der Waals surface area contributed by atoms with Crippen molar-refractivity contribution < 1.29 is 9.90 Å². The Labute approximate surface area is 161 Å². The van der Waals surface area contributed by atoms with E-state index in [1.807, 2.05) is 0 Å². The summed E-state index contributed by atoms with van der Waals surface area (Å²) in [6.45, 7) is 1.75. The summed E-state index contributed by atoms with van der Waals surface area (Å²) in [5.41, 5.74) is 1.27. The van der Waals surface area contributed by atoms with Gasteiger partial charge in [0.15, 0.2) is 0 Å². The average Bonchev–Trinajstić information content (AvgIpc) is 2.65. The molecule has 2 aromatic carbocycles. The Bertz CT molecular complexity index is 1200. The lowest BCUT2D eigenvalue weighted by Crippen LogP contribution is -2.34. The van der Waals surface area contributed by atoms with E-state index in [-0.39, 0.29) is 16.7 Å². The van der Waals surface area contributed by atoms with Crippen LogP contribution in [-0.2, 0) is 5.41 Å². The van der Waals surface area contributed by atoms with E-state index in [0.717, 1.165) is 6.42 Å². The van der Waals surface area contributed by atoms with Gasteiger partial charge in [-0.2, -0.15) is 5.26 Å². The summed E-state index contributed by atoms with van der Waals surface area (Å²) >= 11 is 0. The molecule has 28 heavy (non-hydrogen) atoms. The lowest BCUT2D eigenvalue weighted by molar-refractivity contribution is 0.102. The van der Waals surface area contributed by atoms with Crippen LogP contribution in [0.25, 0.3) is 10.9 Å². The number of nitrogens with one attached hydrogen (secondary N) is 2. The largest absolute Gasteiger partial charge is 0.508 e. The van der Waals surface area contributed by atoms with Gasteiger partial charge >= 0.3 is 0 Å². The van der Waals surface area contributed by atoms with E-state index < -0.39 is 11.3 Å². The van der Waals surface area contributed by atoms with Crippen LogP contribution in [0.2, 0.25) is 0 Å². The fourth-order valence-corrected chi connectivity index (χ4v) is 3.69. The minimum atomic E-state index is -0.670. The second-order valence-corrected chi connectivity index (χ2v) is 7.26. The molecule has 140 valence electrons. The summed E-state index contributed by atoms with van der Waals surface area (Å²) in [6.07, 6.45) is 3.72. The second kappa shape index (κ2) is 6.54. The molecule has 0 saturated heterocycles. The van der Waals surface area contributed by atoms with Crippen molar-refractivity contribution in [2.24, 2.45) is 0 Å². The molecular weight excluding hydrogens is 354 g/mol. The number of benzene rings is 2. The summed E-state index contributed by atoms with van der Waals surface area (Å²) in [7, 11) is 0. The molecular formula is C22H19N3O3. The number of phenolic OH excluding ortho intramolecular Hbond substituents is 1. The number of aromatic hydroxyl groups is 1. The van der Waals surface area contributed by atoms with Gasteiger partial charge in [0.25, 0.3) is 5.91 Å². The van der Waals surface area contributed by atoms with E-state index in [2.05, 4.69) is 16.4 Å². The quantitative estimate of drug-likeness (QED) is 0.650. The Kier molecular flexibility index (Phi) is 4.16. The highest BCUT2D eigenvalue weighted by atomic mass is 16.3. The van der Waals surface area contributed by atoms with Crippen LogP contribution >= 0.6 is 0 Å². The summed E-state index contributed by atoms with van der Waals surface area (Å²) in [5.74, 6) is -0.553. The number of carbonyl (C=O) groups excluding carboxylic acids is 1. The first-order valence-electron chi connectivity index (χ1n) is 9.12. The number of pyridine rings is 1. The minimum absolute atomic E-state index is 0.0238. The topological polar surface area (TPSA) is 106 Å². The van der Waals surface area contributed by atoms with Crippen molar-refractivity contribution in [2.75, 3.05) is 5.32 Å².